The van der Waals surface area contributed by atoms with Gasteiger partial charge in [-0.1, -0.05) is 12.0 Å². The Labute approximate surface area is 98.4 Å². The van der Waals surface area contributed by atoms with Crippen LogP contribution in [-0.2, 0) is 9.47 Å². The lowest BCUT2D eigenvalue weighted by Crippen LogP contribution is -2.58. The molecule has 5 atom stereocenters. The molecule has 0 saturated carbocycles. The summed E-state index contributed by atoms with van der Waals surface area (Å²) in [4.78, 5) is 2.55. The van der Waals surface area contributed by atoms with Gasteiger partial charge in [-0.15, -0.1) is 0 Å². The van der Waals surface area contributed by atoms with Crippen LogP contribution in [-0.4, -0.2) is 59.2 Å². The number of ether oxygens (including phenoxy) is 2. The van der Waals surface area contributed by atoms with Crippen molar-refractivity contribution in [1.29, 1.82) is 0 Å². The molecule has 0 amide bonds. The van der Waals surface area contributed by atoms with Gasteiger partial charge in [0.1, 0.15) is 18.3 Å². The maximum atomic E-state index is 9.61. The summed E-state index contributed by atoms with van der Waals surface area (Å²) >= 11 is 0. The Morgan fingerprint density at radius 3 is 2.59 bits per heavy atom. The lowest BCUT2D eigenvalue weighted by Gasteiger charge is -2.39. The molecule has 0 aromatic rings. The van der Waals surface area contributed by atoms with Crippen molar-refractivity contribution >= 4 is 0 Å². The predicted octanol–water partition coefficient (Wildman–Crippen LogP) is -0.469. The normalized spacial score (nSPS) is 37.5. The van der Waals surface area contributed by atoms with Crippen LogP contribution in [0.3, 0.4) is 0 Å². The molecule has 0 aromatic carbocycles. The molecule has 0 bridgehead atoms. The summed E-state index contributed by atoms with van der Waals surface area (Å²) in [5.41, 5.74) is 8.06. The topological polar surface area (TPSA) is 128 Å². The van der Waals surface area contributed by atoms with E-state index in [4.69, 9.17) is 15.0 Å². The van der Waals surface area contributed by atoms with Crippen LogP contribution in [0.2, 0.25) is 0 Å². The molecule has 0 aliphatic carbocycles. The minimum atomic E-state index is -1.32. The molecule has 8 nitrogen and oxygen atoms in total. The first-order chi connectivity index (χ1) is 8.11. The third-order valence-corrected chi connectivity index (χ3v) is 2.61. The third kappa shape index (κ3) is 3.53. The molecule has 1 saturated heterocycles. The van der Waals surface area contributed by atoms with Crippen molar-refractivity contribution in [3.63, 3.8) is 0 Å². The first-order valence-corrected chi connectivity index (χ1v) is 5.44. The number of rotatable bonds is 5. The van der Waals surface area contributed by atoms with E-state index in [-0.39, 0.29) is 13.2 Å². The molecule has 1 aliphatic heterocycles. The van der Waals surface area contributed by atoms with E-state index in [0.29, 0.717) is 6.42 Å². The maximum Gasteiger partial charge on any atom is 0.186 e. The average Bonchev–Trinajstić information content (AvgIpc) is 2.34. The van der Waals surface area contributed by atoms with Crippen molar-refractivity contribution in [2.45, 2.75) is 44.1 Å². The number of nitrogens with zero attached hydrogens (tertiary/aromatic N) is 3. The zero-order valence-corrected chi connectivity index (χ0v) is 9.51. The highest BCUT2D eigenvalue weighted by Crippen LogP contribution is 2.23. The average molecular weight is 247 g/mol. The Hall–Kier alpha value is -0.890. The van der Waals surface area contributed by atoms with Gasteiger partial charge >= 0.3 is 0 Å². The van der Waals surface area contributed by atoms with Crippen molar-refractivity contribution in [3.05, 3.63) is 10.4 Å². The quantitative estimate of drug-likeness (QED) is 0.262. The minimum absolute atomic E-state index is 0.0744. The second-order valence-electron chi connectivity index (χ2n) is 3.75. The van der Waals surface area contributed by atoms with Crippen LogP contribution >= 0.6 is 0 Å². The number of hydrogen-bond donors (Lipinski definition) is 3. The molecule has 0 aromatic heterocycles. The summed E-state index contributed by atoms with van der Waals surface area (Å²) in [7, 11) is 0. The summed E-state index contributed by atoms with van der Waals surface area (Å²) in [6, 6.07) is 0. The molecule has 2 unspecified atom stereocenters. The number of aliphatic hydroxyl groups is 3. The molecule has 1 fully saturated rings. The Bertz CT molecular complexity index is 282. The summed E-state index contributed by atoms with van der Waals surface area (Å²) in [5, 5.41) is 32.0. The van der Waals surface area contributed by atoms with E-state index in [2.05, 4.69) is 10.0 Å². The molecule has 3 N–H and O–H groups in total. The first kappa shape index (κ1) is 14.2. The van der Waals surface area contributed by atoms with Gasteiger partial charge in [0, 0.05) is 11.5 Å². The first-order valence-electron chi connectivity index (χ1n) is 5.44. The molecule has 1 aliphatic rings. The van der Waals surface area contributed by atoms with Gasteiger partial charge in [0.15, 0.2) is 6.29 Å². The number of aliphatic hydroxyl groups excluding tert-OH is 3. The van der Waals surface area contributed by atoms with Crippen LogP contribution in [0.15, 0.2) is 5.11 Å². The Kier molecular flexibility index (Phi) is 5.63. The van der Waals surface area contributed by atoms with Crippen LogP contribution in [0.25, 0.3) is 10.4 Å². The number of azide groups is 1. The van der Waals surface area contributed by atoms with E-state index in [0.717, 1.165) is 0 Å². The van der Waals surface area contributed by atoms with Crippen LogP contribution < -0.4 is 0 Å². The van der Waals surface area contributed by atoms with Crippen molar-refractivity contribution < 1.29 is 24.8 Å². The molecule has 1 heterocycles. The maximum absolute atomic E-state index is 9.61. The Morgan fingerprint density at radius 1 is 1.29 bits per heavy atom. The molecular formula is C9H17N3O5. The van der Waals surface area contributed by atoms with Gasteiger partial charge in [-0.25, -0.2) is 0 Å². The lowest BCUT2D eigenvalue weighted by molar-refractivity contribution is -0.296. The van der Waals surface area contributed by atoms with Gasteiger partial charge in [-0.3, -0.25) is 0 Å². The van der Waals surface area contributed by atoms with Gasteiger partial charge in [-0.05, 0) is 12.0 Å². The second kappa shape index (κ2) is 6.75. The van der Waals surface area contributed by atoms with E-state index in [9.17, 15) is 15.3 Å². The van der Waals surface area contributed by atoms with Gasteiger partial charge < -0.3 is 24.8 Å². The highest BCUT2D eigenvalue weighted by atomic mass is 16.7. The largest absolute Gasteiger partial charge is 0.388 e. The zero-order chi connectivity index (χ0) is 12.8. The van der Waals surface area contributed by atoms with Crippen molar-refractivity contribution in [3.8, 4) is 0 Å². The second-order valence-corrected chi connectivity index (χ2v) is 3.75. The minimum Gasteiger partial charge on any atom is -0.388 e. The van der Waals surface area contributed by atoms with E-state index >= 15 is 0 Å². The van der Waals surface area contributed by atoms with E-state index < -0.39 is 30.7 Å². The lowest BCUT2D eigenvalue weighted by atomic mass is 9.97. The predicted molar refractivity (Wildman–Crippen MR) is 56.9 cm³/mol. The third-order valence-electron chi connectivity index (χ3n) is 2.61. The molecule has 17 heavy (non-hydrogen) atoms. The SMILES string of the molecule is CCC1O[C@@H](OCCN=[N+]=[N-])[C@@H](O)C(O)[C@H]1O. The molecule has 0 radical (unpaired) electrons. The fourth-order valence-electron chi connectivity index (χ4n) is 1.65. The van der Waals surface area contributed by atoms with Crippen molar-refractivity contribution in [2.24, 2.45) is 5.11 Å². The van der Waals surface area contributed by atoms with Crippen molar-refractivity contribution in [1.82, 2.24) is 0 Å². The van der Waals surface area contributed by atoms with Crippen LogP contribution in [0.4, 0.5) is 0 Å². The van der Waals surface area contributed by atoms with Crippen LogP contribution in [0.5, 0.6) is 0 Å². The molecule has 8 heteroatoms. The highest BCUT2D eigenvalue weighted by molar-refractivity contribution is 4.88. The Balaban J connectivity index is 2.50. The summed E-state index contributed by atoms with van der Waals surface area (Å²) < 4.78 is 10.4. The monoisotopic (exact) mass is 247 g/mol. The van der Waals surface area contributed by atoms with E-state index in [1.54, 1.807) is 6.92 Å². The standard InChI is InChI=1S/C9H17N3O5/c1-2-5-6(13)7(14)8(15)9(17-5)16-4-3-11-12-10/h5-9,13-15H,2-4H2,1H3/t5?,6-,7?,8-,9+/m0/s1. The smallest absolute Gasteiger partial charge is 0.186 e. The van der Waals surface area contributed by atoms with E-state index in [1.165, 1.54) is 0 Å². The van der Waals surface area contributed by atoms with Gasteiger partial charge in [-0.2, -0.15) is 0 Å². The number of hydrogen-bond acceptors (Lipinski definition) is 6. The van der Waals surface area contributed by atoms with E-state index in [1.807, 2.05) is 0 Å². The molecule has 1 rings (SSSR count). The van der Waals surface area contributed by atoms with Crippen LogP contribution in [0.1, 0.15) is 13.3 Å². The molecular weight excluding hydrogens is 230 g/mol. The summed E-state index contributed by atoms with van der Waals surface area (Å²) in [6.07, 6.45) is -4.88. The fraction of sp³-hybridized carbons (Fsp3) is 1.00. The summed E-state index contributed by atoms with van der Waals surface area (Å²) in [5.74, 6) is 0. The zero-order valence-electron chi connectivity index (χ0n) is 9.51. The molecule has 98 valence electrons. The van der Waals surface area contributed by atoms with Crippen LogP contribution in [0, 0.1) is 0 Å². The highest BCUT2D eigenvalue weighted by Gasteiger charge is 2.43. The Morgan fingerprint density at radius 2 is 2.00 bits per heavy atom. The summed E-state index contributed by atoms with van der Waals surface area (Å²) in [6.45, 7) is 1.97. The van der Waals surface area contributed by atoms with Gasteiger partial charge in [0.2, 0.25) is 0 Å². The van der Waals surface area contributed by atoms with Gasteiger partial charge in [0.05, 0.1) is 12.7 Å². The molecule has 0 spiro atoms. The van der Waals surface area contributed by atoms with Gasteiger partial charge in [0.25, 0.3) is 0 Å². The van der Waals surface area contributed by atoms with Crippen molar-refractivity contribution in [2.75, 3.05) is 13.2 Å². The fourth-order valence-corrected chi connectivity index (χ4v) is 1.65.